The normalized spacial score (nSPS) is 18.9. The molecule has 0 aliphatic heterocycles. The SMILES string of the molecule is CN(CC1(O)CCCC1)C(=O)COCC(F)(F)F. The molecule has 0 unspecified atom stereocenters. The summed E-state index contributed by atoms with van der Waals surface area (Å²) in [6.07, 6.45) is -1.38. The Bertz CT molecular complexity index is 288. The highest BCUT2D eigenvalue weighted by Crippen LogP contribution is 2.29. The molecule has 0 heterocycles. The Morgan fingerprint density at radius 1 is 1.39 bits per heavy atom. The van der Waals surface area contributed by atoms with E-state index in [1.807, 2.05) is 0 Å². The van der Waals surface area contributed by atoms with Crippen molar-refractivity contribution in [2.45, 2.75) is 37.5 Å². The molecule has 1 saturated carbocycles. The monoisotopic (exact) mass is 269 g/mol. The fourth-order valence-corrected chi connectivity index (χ4v) is 2.09. The van der Waals surface area contributed by atoms with Gasteiger partial charge in [0.05, 0.1) is 5.60 Å². The third kappa shape index (κ3) is 5.22. The summed E-state index contributed by atoms with van der Waals surface area (Å²) in [6.45, 7) is -1.91. The zero-order valence-electron chi connectivity index (χ0n) is 10.3. The third-order valence-corrected chi connectivity index (χ3v) is 2.98. The van der Waals surface area contributed by atoms with Gasteiger partial charge >= 0.3 is 6.18 Å². The second-order valence-corrected chi connectivity index (χ2v) is 4.79. The maximum Gasteiger partial charge on any atom is 0.411 e. The molecule has 7 heteroatoms. The molecule has 106 valence electrons. The van der Waals surface area contributed by atoms with Crippen LogP contribution in [-0.4, -0.2) is 54.5 Å². The van der Waals surface area contributed by atoms with Crippen molar-refractivity contribution in [2.75, 3.05) is 26.8 Å². The predicted octanol–water partition coefficient (Wildman–Crippen LogP) is 1.33. The number of nitrogens with zero attached hydrogens (tertiary/aromatic N) is 1. The third-order valence-electron chi connectivity index (χ3n) is 2.98. The Morgan fingerprint density at radius 2 is 1.94 bits per heavy atom. The van der Waals surface area contributed by atoms with E-state index in [2.05, 4.69) is 4.74 Å². The van der Waals surface area contributed by atoms with Crippen LogP contribution in [0.4, 0.5) is 13.2 Å². The van der Waals surface area contributed by atoms with Crippen molar-refractivity contribution < 1.29 is 27.8 Å². The molecule has 18 heavy (non-hydrogen) atoms. The molecule has 0 aromatic heterocycles. The second kappa shape index (κ2) is 5.88. The molecule has 1 fully saturated rings. The summed E-state index contributed by atoms with van der Waals surface area (Å²) in [5, 5.41) is 10.1. The van der Waals surface area contributed by atoms with Crippen LogP contribution >= 0.6 is 0 Å². The van der Waals surface area contributed by atoms with Gasteiger partial charge in [-0.25, -0.2) is 0 Å². The number of hydrogen-bond acceptors (Lipinski definition) is 3. The highest BCUT2D eigenvalue weighted by molar-refractivity contribution is 5.77. The Labute approximate surface area is 104 Å². The van der Waals surface area contributed by atoms with Gasteiger partial charge in [-0.05, 0) is 12.8 Å². The molecular weight excluding hydrogens is 251 g/mol. The number of carbonyl (C=O) groups excluding carboxylic acids is 1. The molecule has 0 aromatic carbocycles. The van der Waals surface area contributed by atoms with Crippen LogP contribution in [0.15, 0.2) is 0 Å². The van der Waals surface area contributed by atoms with Crippen molar-refractivity contribution in [1.29, 1.82) is 0 Å². The minimum atomic E-state index is -4.43. The first-order valence-corrected chi connectivity index (χ1v) is 5.83. The summed E-state index contributed by atoms with van der Waals surface area (Å²) in [4.78, 5) is 12.7. The summed E-state index contributed by atoms with van der Waals surface area (Å²) in [5.74, 6) is -0.556. The van der Waals surface area contributed by atoms with Crippen LogP contribution < -0.4 is 0 Å². The number of amides is 1. The number of ether oxygens (including phenoxy) is 1. The van der Waals surface area contributed by atoms with Crippen molar-refractivity contribution in [3.8, 4) is 0 Å². The van der Waals surface area contributed by atoms with E-state index >= 15 is 0 Å². The molecule has 1 aliphatic rings. The smallest absolute Gasteiger partial charge is 0.388 e. The fraction of sp³-hybridized carbons (Fsp3) is 0.909. The van der Waals surface area contributed by atoms with E-state index in [0.717, 1.165) is 12.8 Å². The van der Waals surface area contributed by atoms with Crippen molar-refractivity contribution in [3.05, 3.63) is 0 Å². The van der Waals surface area contributed by atoms with E-state index in [1.54, 1.807) is 0 Å². The number of carbonyl (C=O) groups is 1. The van der Waals surface area contributed by atoms with Crippen LogP contribution in [0.1, 0.15) is 25.7 Å². The largest absolute Gasteiger partial charge is 0.411 e. The maximum atomic E-state index is 11.8. The average molecular weight is 269 g/mol. The minimum Gasteiger partial charge on any atom is -0.388 e. The first kappa shape index (κ1) is 15.2. The molecule has 1 amide bonds. The molecule has 0 bridgehead atoms. The standard InChI is InChI=1S/C11H18F3NO3/c1-15(7-10(17)4-2-3-5-10)9(16)6-18-8-11(12,13)14/h17H,2-8H2,1H3. The molecule has 0 spiro atoms. The van der Waals surface area contributed by atoms with Crippen molar-refractivity contribution in [1.82, 2.24) is 4.90 Å². The highest BCUT2D eigenvalue weighted by Gasteiger charge is 2.33. The van der Waals surface area contributed by atoms with Gasteiger partial charge in [0.25, 0.3) is 0 Å². The van der Waals surface area contributed by atoms with E-state index in [-0.39, 0.29) is 6.54 Å². The first-order chi connectivity index (χ1) is 8.22. The summed E-state index contributed by atoms with van der Waals surface area (Å²) in [7, 11) is 1.45. The van der Waals surface area contributed by atoms with Crippen molar-refractivity contribution in [3.63, 3.8) is 0 Å². The van der Waals surface area contributed by atoms with Crippen LogP contribution in [0, 0.1) is 0 Å². The lowest BCUT2D eigenvalue weighted by Gasteiger charge is -2.28. The summed E-state index contributed by atoms with van der Waals surface area (Å²) in [5.41, 5.74) is -0.894. The molecule has 0 aromatic rings. The van der Waals surface area contributed by atoms with Crippen LogP contribution in [0.5, 0.6) is 0 Å². The number of aliphatic hydroxyl groups is 1. The van der Waals surface area contributed by atoms with Gasteiger partial charge in [0.15, 0.2) is 0 Å². The van der Waals surface area contributed by atoms with Crippen LogP contribution in [0.25, 0.3) is 0 Å². The van der Waals surface area contributed by atoms with E-state index in [9.17, 15) is 23.1 Å². The van der Waals surface area contributed by atoms with Crippen LogP contribution in [0.2, 0.25) is 0 Å². The average Bonchev–Trinajstić information content (AvgIpc) is 2.62. The van der Waals surface area contributed by atoms with Gasteiger partial charge in [-0.3, -0.25) is 4.79 Å². The molecule has 0 atom stereocenters. The van der Waals surface area contributed by atoms with E-state index < -0.39 is 30.9 Å². The minimum absolute atomic E-state index is 0.140. The Balaban J connectivity index is 2.28. The zero-order valence-corrected chi connectivity index (χ0v) is 10.3. The number of likely N-dealkylation sites (N-methyl/N-ethyl adjacent to an activating group) is 1. The van der Waals surface area contributed by atoms with Crippen LogP contribution in [-0.2, 0) is 9.53 Å². The lowest BCUT2D eigenvalue weighted by molar-refractivity contribution is -0.178. The number of halogens is 3. The van der Waals surface area contributed by atoms with Crippen molar-refractivity contribution >= 4 is 5.91 Å². The van der Waals surface area contributed by atoms with Crippen molar-refractivity contribution in [2.24, 2.45) is 0 Å². The second-order valence-electron chi connectivity index (χ2n) is 4.79. The van der Waals surface area contributed by atoms with Gasteiger partial charge < -0.3 is 14.7 Å². The zero-order chi connectivity index (χ0) is 13.8. The van der Waals surface area contributed by atoms with Gasteiger partial charge in [0.1, 0.15) is 13.2 Å². The first-order valence-electron chi connectivity index (χ1n) is 5.83. The number of alkyl halides is 3. The maximum absolute atomic E-state index is 11.8. The lowest BCUT2D eigenvalue weighted by atomic mass is 10.0. The quantitative estimate of drug-likeness (QED) is 0.819. The van der Waals surface area contributed by atoms with E-state index in [1.165, 1.54) is 11.9 Å². The molecule has 0 saturated heterocycles. The van der Waals surface area contributed by atoms with Gasteiger partial charge in [0, 0.05) is 13.6 Å². The molecular formula is C11H18F3NO3. The fourth-order valence-electron chi connectivity index (χ4n) is 2.09. The molecule has 4 nitrogen and oxygen atoms in total. The summed E-state index contributed by atoms with van der Waals surface area (Å²) >= 11 is 0. The number of rotatable bonds is 5. The lowest BCUT2D eigenvalue weighted by Crippen LogP contribution is -2.43. The predicted molar refractivity (Wildman–Crippen MR) is 57.9 cm³/mol. The number of hydrogen-bond donors (Lipinski definition) is 1. The van der Waals surface area contributed by atoms with E-state index in [4.69, 9.17) is 0 Å². The van der Waals surface area contributed by atoms with E-state index in [0.29, 0.717) is 12.8 Å². The Kier molecular flexibility index (Phi) is 4.98. The molecule has 1 N–H and O–H groups in total. The summed E-state index contributed by atoms with van der Waals surface area (Å²) in [6, 6.07) is 0. The van der Waals surface area contributed by atoms with Gasteiger partial charge in [-0.2, -0.15) is 13.2 Å². The van der Waals surface area contributed by atoms with Gasteiger partial charge in [0.2, 0.25) is 5.91 Å². The summed E-state index contributed by atoms with van der Waals surface area (Å²) < 4.78 is 39.7. The van der Waals surface area contributed by atoms with Crippen LogP contribution in [0.3, 0.4) is 0 Å². The molecule has 1 rings (SSSR count). The molecule has 0 radical (unpaired) electrons. The topological polar surface area (TPSA) is 49.8 Å². The Morgan fingerprint density at radius 3 is 2.44 bits per heavy atom. The Hall–Kier alpha value is -0.820. The van der Waals surface area contributed by atoms with Gasteiger partial charge in [-0.1, -0.05) is 12.8 Å². The molecule has 1 aliphatic carbocycles. The highest BCUT2D eigenvalue weighted by atomic mass is 19.4. The van der Waals surface area contributed by atoms with Gasteiger partial charge in [-0.15, -0.1) is 0 Å².